The minimum atomic E-state index is -0.245. The summed E-state index contributed by atoms with van der Waals surface area (Å²) in [6.07, 6.45) is 3.25. The molecule has 5 heteroatoms. The van der Waals surface area contributed by atoms with Crippen LogP contribution < -0.4 is 5.43 Å². The Balaban J connectivity index is 1.44. The third-order valence-corrected chi connectivity index (χ3v) is 6.68. The Morgan fingerprint density at radius 2 is 1.96 bits per heavy atom. The summed E-state index contributed by atoms with van der Waals surface area (Å²) in [4.78, 5) is 27.3. The summed E-state index contributed by atoms with van der Waals surface area (Å²) in [5.74, 6) is 0.283. The van der Waals surface area contributed by atoms with Gasteiger partial charge in [0.25, 0.3) is 5.91 Å². The molecule has 2 aromatic carbocycles. The highest BCUT2D eigenvalue weighted by Gasteiger charge is 2.29. The number of carbonyl (C=O) groups excluding carboxylic acids is 2. The maximum absolute atomic E-state index is 12.7. The minimum absolute atomic E-state index is 0.138. The molecule has 1 amide bonds. The Morgan fingerprint density at radius 3 is 2.78 bits per heavy atom. The van der Waals surface area contributed by atoms with Crippen LogP contribution in [0.2, 0.25) is 0 Å². The molecular formula is C22H18N2O2S. The lowest BCUT2D eigenvalue weighted by Crippen LogP contribution is -2.21. The van der Waals surface area contributed by atoms with Gasteiger partial charge in [-0.15, -0.1) is 11.3 Å². The number of amides is 1. The molecule has 0 bridgehead atoms. The lowest BCUT2D eigenvalue weighted by atomic mass is 9.90. The zero-order valence-corrected chi connectivity index (χ0v) is 15.7. The predicted octanol–water partition coefficient (Wildman–Crippen LogP) is 4.36. The molecule has 0 spiro atoms. The fourth-order valence-electron chi connectivity index (χ4n) is 4.07. The summed E-state index contributed by atoms with van der Waals surface area (Å²) in [6, 6.07) is 13.4. The first-order chi connectivity index (χ1) is 13.1. The zero-order valence-electron chi connectivity index (χ0n) is 14.9. The van der Waals surface area contributed by atoms with E-state index in [0.29, 0.717) is 22.1 Å². The van der Waals surface area contributed by atoms with E-state index in [9.17, 15) is 9.59 Å². The molecule has 0 aliphatic heterocycles. The Labute approximate surface area is 160 Å². The normalized spacial score (nSPS) is 19.5. The molecule has 0 saturated carbocycles. The molecule has 2 aliphatic rings. The number of nitrogens with zero attached hydrogens (tertiary/aromatic N) is 1. The quantitative estimate of drug-likeness (QED) is 0.678. The zero-order chi connectivity index (χ0) is 18.5. The van der Waals surface area contributed by atoms with Gasteiger partial charge in [-0.3, -0.25) is 9.59 Å². The third-order valence-electron chi connectivity index (χ3n) is 5.44. The van der Waals surface area contributed by atoms with E-state index in [0.717, 1.165) is 29.2 Å². The maximum Gasteiger partial charge on any atom is 0.281 e. The molecule has 1 unspecified atom stereocenters. The first kappa shape index (κ1) is 16.4. The van der Waals surface area contributed by atoms with Crippen molar-refractivity contribution in [3.63, 3.8) is 0 Å². The fourth-order valence-corrected chi connectivity index (χ4v) is 5.17. The molecule has 1 aromatic heterocycles. The number of nitrogens with one attached hydrogen (secondary N) is 1. The molecule has 2 aliphatic carbocycles. The number of rotatable bonds is 2. The molecule has 1 heterocycles. The van der Waals surface area contributed by atoms with Crippen LogP contribution in [0.1, 0.15) is 49.4 Å². The van der Waals surface area contributed by atoms with Gasteiger partial charge in [-0.2, -0.15) is 5.10 Å². The lowest BCUT2D eigenvalue weighted by Gasteiger charge is -2.16. The second kappa shape index (κ2) is 6.13. The molecule has 27 heavy (non-hydrogen) atoms. The van der Waals surface area contributed by atoms with Crippen LogP contribution in [0.5, 0.6) is 0 Å². The van der Waals surface area contributed by atoms with Gasteiger partial charge in [0.2, 0.25) is 5.78 Å². The van der Waals surface area contributed by atoms with Crippen molar-refractivity contribution in [2.45, 2.75) is 26.2 Å². The minimum Gasteiger partial charge on any atom is -0.287 e. The van der Waals surface area contributed by atoms with E-state index in [1.165, 1.54) is 16.9 Å². The van der Waals surface area contributed by atoms with E-state index in [2.05, 4.69) is 17.5 Å². The van der Waals surface area contributed by atoms with Gasteiger partial charge in [-0.25, -0.2) is 5.43 Å². The van der Waals surface area contributed by atoms with Gasteiger partial charge in [0, 0.05) is 21.4 Å². The van der Waals surface area contributed by atoms with Gasteiger partial charge in [0.15, 0.2) is 0 Å². The molecule has 5 rings (SSSR count). The average molecular weight is 374 g/mol. The molecule has 0 saturated heterocycles. The van der Waals surface area contributed by atoms with Gasteiger partial charge in [-0.05, 0) is 42.2 Å². The largest absolute Gasteiger partial charge is 0.287 e. The predicted molar refractivity (Wildman–Crippen MR) is 108 cm³/mol. The molecule has 0 radical (unpaired) electrons. The van der Waals surface area contributed by atoms with E-state index >= 15 is 0 Å². The molecule has 134 valence electrons. The van der Waals surface area contributed by atoms with Gasteiger partial charge >= 0.3 is 0 Å². The average Bonchev–Trinajstić information content (AvgIpc) is 3.21. The summed E-state index contributed by atoms with van der Waals surface area (Å²) in [5, 5.41) is 6.14. The van der Waals surface area contributed by atoms with Crippen LogP contribution in [0, 0.1) is 5.92 Å². The SMILES string of the molecule is CC1CCc2sc(C(=O)N/N=C3/C(=O)c4cccc5cccc3c45)cc2C1. The summed E-state index contributed by atoms with van der Waals surface area (Å²) in [5.41, 5.74) is 5.64. The topological polar surface area (TPSA) is 58.5 Å². The lowest BCUT2D eigenvalue weighted by molar-refractivity contribution is 0.0959. The van der Waals surface area contributed by atoms with Crippen molar-refractivity contribution >= 4 is 39.5 Å². The van der Waals surface area contributed by atoms with Gasteiger partial charge in [0.1, 0.15) is 5.71 Å². The summed E-state index contributed by atoms with van der Waals surface area (Å²) in [6.45, 7) is 2.25. The van der Waals surface area contributed by atoms with Gasteiger partial charge < -0.3 is 0 Å². The Hall–Kier alpha value is -2.79. The number of hydrazone groups is 1. The number of carbonyl (C=O) groups is 2. The van der Waals surface area contributed by atoms with E-state index < -0.39 is 0 Å². The number of thiophene rings is 1. The number of hydrogen-bond acceptors (Lipinski definition) is 4. The number of fused-ring (bicyclic) bond motifs is 1. The van der Waals surface area contributed by atoms with E-state index in [1.807, 2.05) is 42.5 Å². The number of ketones is 1. The highest BCUT2D eigenvalue weighted by Crippen LogP contribution is 2.33. The molecular weight excluding hydrogens is 356 g/mol. The number of benzene rings is 2. The van der Waals surface area contributed by atoms with Crippen molar-refractivity contribution in [3.05, 3.63) is 68.9 Å². The number of hydrogen-bond donors (Lipinski definition) is 1. The molecule has 1 N–H and O–H groups in total. The maximum atomic E-state index is 12.7. The summed E-state index contributed by atoms with van der Waals surface area (Å²) in [7, 11) is 0. The van der Waals surface area contributed by atoms with Crippen LogP contribution in [0.15, 0.2) is 47.6 Å². The standard InChI is InChI=1S/C22H18N2O2S/c1-12-8-9-17-14(10-12)11-18(27-17)22(26)24-23-20-15-6-2-4-13-5-3-7-16(19(13)15)21(20)25/h2-7,11-12H,8-10H2,1H3,(H,24,26)/b23-20+. The van der Waals surface area contributed by atoms with Crippen LogP contribution >= 0.6 is 11.3 Å². The molecule has 1 atom stereocenters. The smallest absolute Gasteiger partial charge is 0.281 e. The van der Waals surface area contributed by atoms with Crippen LogP contribution in [0.4, 0.5) is 0 Å². The monoisotopic (exact) mass is 374 g/mol. The van der Waals surface area contributed by atoms with E-state index in [1.54, 1.807) is 11.3 Å². The Bertz CT molecular complexity index is 1140. The van der Waals surface area contributed by atoms with Crippen LogP contribution in [-0.2, 0) is 12.8 Å². The molecule has 0 fully saturated rings. The van der Waals surface area contributed by atoms with Crippen molar-refractivity contribution in [1.82, 2.24) is 5.43 Å². The second-order valence-electron chi connectivity index (χ2n) is 7.35. The van der Waals surface area contributed by atoms with Gasteiger partial charge in [-0.1, -0.05) is 43.3 Å². The first-order valence-corrected chi connectivity index (χ1v) is 10.00. The van der Waals surface area contributed by atoms with E-state index in [4.69, 9.17) is 0 Å². The van der Waals surface area contributed by atoms with Crippen molar-refractivity contribution in [3.8, 4) is 0 Å². The number of Topliss-reactive ketones (excluding diaryl/α,β-unsaturated/α-hetero) is 1. The highest BCUT2D eigenvalue weighted by molar-refractivity contribution is 7.14. The fraction of sp³-hybridized carbons (Fsp3) is 0.227. The highest BCUT2D eigenvalue weighted by atomic mass is 32.1. The summed E-state index contributed by atoms with van der Waals surface area (Å²) < 4.78 is 0. The Morgan fingerprint density at radius 1 is 1.19 bits per heavy atom. The second-order valence-corrected chi connectivity index (χ2v) is 8.48. The van der Waals surface area contributed by atoms with Crippen LogP contribution in [0.25, 0.3) is 10.8 Å². The molecule has 4 nitrogen and oxygen atoms in total. The van der Waals surface area contributed by atoms with E-state index in [-0.39, 0.29) is 11.7 Å². The third kappa shape index (κ3) is 2.61. The molecule has 3 aromatic rings. The summed E-state index contributed by atoms with van der Waals surface area (Å²) >= 11 is 1.54. The van der Waals surface area contributed by atoms with Crippen LogP contribution in [0.3, 0.4) is 0 Å². The van der Waals surface area contributed by atoms with Gasteiger partial charge in [0.05, 0.1) is 4.88 Å². The Kier molecular flexibility index (Phi) is 3.72. The van der Waals surface area contributed by atoms with Crippen molar-refractivity contribution < 1.29 is 9.59 Å². The first-order valence-electron chi connectivity index (χ1n) is 9.18. The van der Waals surface area contributed by atoms with Crippen molar-refractivity contribution in [1.29, 1.82) is 0 Å². The van der Waals surface area contributed by atoms with Crippen molar-refractivity contribution in [2.75, 3.05) is 0 Å². The van der Waals surface area contributed by atoms with Crippen molar-refractivity contribution in [2.24, 2.45) is 11.0 Å². The van der Waals surface area contributed by atoms with Crippen LogP contribution in [-0.4, -0.2) is 17.4 Å². The number of aryl methyl sites for hydroxylation is 1.